The largest absolute Gasteiger partial charge is 0.493 e. The molecule has 0 unspecified atom stereocenters. The Morgan fingerprint density at radius 2 is 1.81 bits per heavy atom. The zero-order valence-electron chi connectivity index (χ0n) is 16.9. The van der Waals surface area contributed by atoms with E-state index in [9.17, 15) is 19.5 Å². The smallest absolute Gasteiger partial charge is 0.335 e. The van der Waals surface area contributed by atoms with Crippen molar-refractivity contribution >= 4 is 17.1 Å². The first-order valence-corrected chi connectivity index (χ1v) is 9.61. The number of H-pyrrole nitrogens is 1. The van der Waals surface area contributed by atoms with E-state index in [2.05, 4.69) is 15.1 Å². The number of aromatic amines is 1. The van der Waals surface area contributed by atoms with Gasteiger partial charge in [-0.2, -0.15) is 9.78 Å². The van der Waals surface area contributed by atoms with Crippen molar-refractivity contribution in [1.82, 2.24) is 19.2 Å². The number of hydrogen-bond donors (Lipinski definition) is 2. The maximum atomic E-state index is 12.8. The predicted molar refractivity (Wildman–Crippen MR) is 117 cm³/mol. The van der Waals surface area contributed by atoms with Crippen molar-refractivity contribution in [3.63, 3.8) is 0 Å². The van der Waals surface area contributed by atoms with Gasteiger partial charge in [-0.25, -0.2) is 14.3 Å². The molecule has 0 saturated carbocycles. The number of benzene rings is 2. The van der Waals surface area contributed by atoms with Crippen molar-refractivity contribution in [3.8, 4) is 11.6 Å². The summed E-state index contributed by atoms with van der Waals surface area (Å²) in [6.45, 7) is 3.52. The van der Waals surface area contributed by atoms with Crippen molar-refractivity contribution in [2.24, 2.45) is 5.10 Å². The molecular weight excluding hydrogens is 398 g/mol. The van der Waals surface area contributed by atoms with E-state index < -0.39 is 22.7 Å². The number of aryl methyl sites for hydroxylation is 2. The van der Waals surface area contributed by atoms with Crippen LogP contribution in [0, 0.1) is 6.92 Å². The van der Waals surface area contributed by atoms with E-state index in [1.807, 2.05) is 19.1 Å². The third kappa shape index (κ3) is 3.46. The van der Waals surface area contributed by atoms with Gasteiger partial charge in [-0.15, -0.1) is 0 Å². The van der Waals surface area contributed by atoms with Crippen LogP contribution in [0.25, 0.3) is 16.6 Å². The summed E-state index contributed by atoms with van der Waals surface area (Å²) in [5.74, 6) is -0.265. The second-order valence-electron chi connectivity index (χ2n) is 6.85. The Bertz CT molecular complexity index is 1510. The fourth-order valence-corrected chi connectivity index (χ4v) is 3.39. The van der Waals surface area contributed by atoms with Crippen LogP contribution in [-0.4, -0.2) is 30.5 Å². The number of nitrogens with one attached hydrogen (secondary N) is 1. The highest BCUT2D eigenvalue weighted by Crippen LogP contribution is 2.19. The molecule has 0 spiro atoms. The van der Waals surface area contributed by atoms with Gasteiger partial charge in [0.2, 0.25) is 5.88 Å². The molecule has 0 bridgehead atoms. The molecule has 0 aliphatic rings. The predicted octanol–water partition coefficient (Wildman–Crippen LogP) is 1.69. The summed E-state index contributed by atoms with van der Waals surface area (Å²) in [4.78, 5) is 44.1. The summed E-state index contributed by atoms with van der Waals surface area (Å²) in [7, 11) is 0. The molecule has 0 aliphatic heterocycles. The van der Waals surface area contributed by atoms with Gasteiger partial charge in [0.1, 0.15) is 11.4 Å². The number of fused-ring (bicyclic) bond motifs is 1. The molecule has 9 heteroatoms. The molecule has 2 N–H and O–H groups in total. The molecular formula is C22H19N5O4. The van der Waals surface area contributed by atoms with Gasteiger partial charge in [0.15, 0.2) is 0 Å². The maximum Gasteiger partial charge on any atom is 0.335 e. The molecule has 4 rings (SSSR count). The van der Waals surface area contributed by atoms with Crippen LogP contribution in [-0.2, 0) is 6.42 Å². The minimum atomic E-state index is -0.823. The van der Waals surface area contributed by atoms with Crippen molar-refractivity contribution < 1.29 is 5.11 Å². The van der Waals surface area contributed by atoms with Gasteiger partial charge in [-0.1, -0.05) is 37.3 Å². The lowest BCUT2D eigenvalue weighted by atomic mass is 10.1. The number of hydrogen-bond acceptors (Lipinski definition) is 6. The van der Waals surface area contributed by atoms with Crippen LogP contribution in [0.15, 0.2) is 68.0 Å². The molecule has 0 saturated heterocycles. The first-order valence-electron chi connectivity index (χ1n) is 9.61. The van der Waals surface area contributed by atoms with E-state index in [1.54, 1.807) is 43.3 Å². The standard InChI is InChI=1S/C22H19N5O4/c1-3-14-8-4-7-11-18(14)26-20(29)16(19(28)25-22(26)31)12-23-27-13(2)24-17-10-6-5-9-15(17)21(27)30/h4-12,29H,3H2,1-2H3,(H,25,28,31). The van der Waals surface area contributed by atoms with Crippen LogP contribution < -0.4 is 16.8 Å². The second kappa shape index (κ2) is 7.86. The fourth-order valence-electron chi connectivity index (χ4n) is 3.39. The van der Waals surface area contributed by atoms with Gasteiger partial charge in [0.05, 0.1) is 22.8 Å². The topological polar surface area (TPSA) is 122 Å². The normalized spacial score (nSPS) is 11.4. The summed E-state index contributed by atoms with van der Waals surface area (Å²) in [6.07, 6.45) is 1.66. The van der Waals surface area contributed by atoms with E-state index in [4.69, 9.17) is 0 Å². The lowest BCUT2D eigenvalue weighted by molar-refractivity contribution is 0.429. The lowest BCUT2D eigenvalue weighted by Crippen LogP contribution is -2.32. The van der Waals surface area contributed by atoms with E-state index in [0.29, 0.717) is 28.8 Å². The zero-order chi connectivity index (χ0) is 22.1. The summed E-state index contributed by atoms with van der Waals surface area (Å²) >= 11 is 0. The van der Waals surface area contributed by atoms with Crippen LogP contribution in [0.1, 0.15) is 23.9 Å². The van der Waals surface area contributed by atoms with Crippen molar-refractivity contribution in [3.05, 3.63) is 96.7 Å². The van der Waals surface area contributed by atoms with Gasteiger partial charge in [-0.3, -0.25) is 14.6 Å². The minimum Gasteiger partial charge on any atom is -0.493 e. The molecule has 0 atom stereocenters. The molecule has 0 fully saturated rings. The molecule has 2 aromatic heterocycles. The van der Waals surface area contributed by atoms with E-state index in [1.165, 1.54) is 0 Å². The highest BCUT2D eigenvalue weighted by Gasteiger charge is 2.16. The third-order valence-electron chi connectivity index (χ3n) is 4.95. The van der Waals surface area contributed by atoms with Crippen molar-refractivity contribution in [2.45, 2.75) is 20.3 Å². The first kappa shape index (κ1) is 20.0. The maximum absolute atomic E-state index is 12.8. The van der Waals surface area contributed by atoms with Crippen LogP contribution in [0.3, 0.4) is 0 Å². The van der Waals surface area contributed by atoms with Crippen LogP contribution in [0.2, 0.25) is 0 Å². The van der Waals surface area contributed by atoms with Gasteiger partial charge >= 0.3 is 5.69 Å². The van der Waals surface area contributed by atoms with Crippen LogP contribution in [0.4, 0.5) is 0 Å². The lowest BCUT2D eigenvalue weighted by Gasteiger charge is -2.13. The molecule has 31 heavy (non-hydrogen) atoms. The molecule has 4 aromatic rings. The monoisotopic (exact) mass is 417 g/mol. The van der Waals surface area contributed by atoms with Crippen molar-refractivity contribution in [2.75, 3.05) is 0 Å². The van der Waals surface area contributed by atoms with Gasteiger partial charge in [0, 0.05) is 0 Å². The first-order chi connectivity index (χ1) is 14.9. The highest BCUT2D eigenvalue weighted by molar-refractivity contribution is 5.82. The van der Waals surface area contributed by atoms with Crippen LogP contribution >= 0.6 is 0 Å². The summed E-state index contributed by atoms with van der Waals surface area (Å²) in [5, 5.41) is 15.2. The van der Waals surface area contributed by atoms with Gasteiger partial charge < -0.3 is 5.11 Å². The van der Waals surface area contributed by atoms with Crippen LogP contribution in [0.5, 0.6) is 5.88 Å². The minimum absolute atomic E-state index is 0.259. The number of aromatic hydroxyl groups is 1. The summed E-state index contributed by atoms with van der Waals surface area (Å²) < 4.78 is 2.05. The average Bonchev–Trinajstić information content (AvgIpc) is 2.75. The molecule has 0 aliphatic carbocycles. The Labute approximate surface area is 175 Å². The zero-order valence-corrected chi connectivity index (χ0v) is 16.9. The van der Waals surface area contributed by atoms with E-state index in [-0.39, 0.29) is 5.56 Å². The van der Waals surface area contributed by atoms with Gasteiger partial charge in [-0.05, 0) is 37.1 Å². The number of aromatic nitrogens is 4. The van der Waals surface area contributed by atoms with E-state index >= 15 is 0 Å². The number of rotatable bonds is 4. The Balaban J connectivity index is 1.90. The molecule has 0 radical (unpaired) electrons. The Morgan fingerprint density at radius 3 is 2.58 bits per heavy atom. The molecule has 2 aromatic carbocycles. The Kier molecular flexibility index (Phi) is 5.08. The average molecular weight is 417 g/mol. The number of nitrogens with zero attached hydrogens (tertiary/aromatic N) is 4. The second-order valence-corrected chi connectivity index (χ2v) is 6.85. The Morgan fingerprint density at radius 1 is 1.10 bits per heavy atom. The molecule has 2 heterocycles. The third-order valence-corrected chi connectivity index (χ3v) is 4.95. The van der Waals surface area contributed by atoms with Crippen molar-refractivity contribution in [1.29, 1.82) is 0 Å². The number of para-hydroxylation sites is 2. The van der Waals surface area contributed by atoms with Gasteiger partial charge in [0.25, 0.3) is 11.1 Å². The molecule has 0 amide bonds. The Hall–Kier alpha value is -4.27. The fraction of sp³-hybridized carbons (Fsp3) is 0.136. The molecule has 9 nitrogen and oxygen atoms in total. The highest BCUT2D eigenvalue weighted by atomic mass is 16.3. The quantitative estimate of drug-likeness (QED) is 0.489. The van der Waals surface area contributed by atoms with E-state index in [0.717, 1.165) is 21.0 Å². The summed E-state index contributed by atoms with van der Waals surface area (Å²) in [5.41, 5.74) is -0.497. The molecule has 156 valence electrons. The summed E-state index contributed by atoms with van der Waals surface area (Å²) in [6, 6.07) is 13.9. The SMILES string of the molecule is CCc1ccccc1-n1c(O)c(C=Nn2c(C)nc3ccccc3c2=O)c(=O)[nH]c1=O.